The smallest absolute Gasteiger partial charge is 0.346 e. The molecule has 0 radical (unpaired) electrons. The molecule has 23 heavy (non-hydrogen) atoms. The number of carbonyl (C=O) groups is 1. The first-order valence-electron chi connectivity index (χ1n) is 7.36. The number of halogens is 2. The lowest BCUT2D eigenvalue weighted by molar-refractivity contribution is -0.121. The van der Waals surface area contributed by atoms with Gasteiger partial charge in [0.1, 0.15) is 18.7 Å². The number of amides is 1. The number of carbonyl (C=O) groups excluding carboxylic acids is 1. The van der Waals surface area contributed by atoms with Gasteiger partial charge in [-0.05, 0) is 36.5 Å². The van der Waals surface area contributed by atoms with Crippen molar-refractivity contribution >= 4 is 17.5 Å². The third kappa shape index (κ3) is 3.98. The molecule has 1 fully saturated rings. The van der Waals surface area contributed by atoms with Gasteiger partial charge >= 0.3 is 5.69 Å². The summed E-state index contributed by atoms with van der Waals surface area (Å²) in [6.45, 7) is 0.662. The van der Waals surface area contributed by atoms with Gasteiger partial charge in [0, 0.05) is 13.1 Å². The molecule has 0 aliphatic heterocycles. The monoisotopic (exact) mass is 338 g/mol. The first kappa shape index (κ1) is 15.7. The predicted octanol–water partition coefficient (Wildman–Crippen LogP) is 1.56. The molecule has 0 saturated heterocycles. The van der Waals surface area contributed by atoms with E-state index in [1.165, 1.54) is 27.7 Å². The molecule has 6 nitrogen and oxygen atoms in total. The van der Waals surface area contributed by atoms with E-state index in [1.54, 1.807) is 6.07 Å². The van der Waals surface area contributed by atoms with Crippen LogP contribution in [0.5, 0.6) is 0 Å². The second kappa shape index (κ2) is 6.54. The van der Waals surface area contributed by atoms with Crippen molar-refractivity contribution < 1.29 is 9.18 Å². The lowest BCUT2D eigenvalue weighted by Gasteiger charge is -2.06. The summed E-state index contributed by atoms with van der Waals surface area (Å²) in [4.78, 5) is 23.9. The third-order valence-corrected chi connectivity index (χ3v) is 4.02. The minimum atomic E-state index is -0.531. The third-order valence-electron chi connectivity index (χ3n) is 3.71. The van der Waals surface area contributed by atoms with Crippen LogP contribution in [0.1, 0.15) is 18.4 Å². The topological polar surface area (TPSA) is 68.9 Å². The van der Waals surface area contributed by atoms with Crippen molar-refractivity contribution in [2.75, 3.05) is 0 Å². The van der Waals surface area contributed by atoms with Gasteiger partial charge in [0.15, 0.2) is 0 Å². The zero-order valence-electron chi connectivity index (χ0n) is 12.3. The highest BCUT2D eigenvalue weighted by Crippen LogP contribution is 2.29. The molecule has 0 spiro atoms. The van der Waals surface area contributed by atoms with E-state index in [1.807, 2.05) is 0 Å². The van der Waals surface area contributed by atoms with Crippen molar-refractivity contribution in [2.45, 2.75) is 32.5 Å². The van der Waals surface area contributed by atoms with E-state index in [2.05, 4.69) is 10.4 Å². The normalized spacial score (nSPS) is 14.0. The molecule has 2 aromatic rings. The van der Waals surface area contributed by atoms with Crippen LogP contribution >= 0.6 is 11.6 Å². The highest BCUT2D eigenvalue weighted by Gasteiger charge is 2.23. The summed E-state index contributed by atoms with van der Waals surface area (Å²) in [6, 6.07) is 4.33. The summed E-state index contributed by atoms with van der Waals surface area (Å²) in [5, 5.41) is 6.69. The Morgan fingerprint density at radius 2 is 2.22 bits per heavy atom. The Balaban J connectivity index is 1.55. The van der Waals surface area contributed by atoms with Crippen LogP contribution < -0.4 is 11.0 Å². The number of hydrogen-bond acceptors (Lipinski definition) is 3. The maximum absolute atomic E-state index is 13.3. The lowest BCUT2D eigenvalue weighted by Crippen LogP contribution is -2.33. The molecule has 8 heteroatoms. The van der Waals surface area contributed by atoms with E-state index in [0.717, 1.165) is 12.8 Å². The minimum absolute atomic E-state index is 0.0368. The molecule has 1 amide bonds. The average Bonchev–Trinajstić information content (AvgIpc) is 3.28. The number of hydrogen-bond donors (Lipinski definition) is 1. The first-order valence-corrected chi connectivity index (χ1v) is 7.73. The molecular formula is C15H16ClFN4O2. The van der Waals surface area contributed by atoms with Gasteiger partial charge in [0.2, 0.25) is 5.91 Å². The maximum atomic E-state index is 13.3. The van der Waals surface area contributed by atoms with Crippen LogP contribution in [0, 0.1) is 11.7 Å². The van der Waals surface area contributed by atoms with E-state index < -0.39 is 5.82 Å². The Morgan fingerprint density at radius 3 is 2.91 bits per heavy atom. The summed E-state index contributed by atoms with van der Waals surface area (Å²) >= 11 is 5.60. The quantitative estimate of drug-likeness (QED) is 0.869. The molecule has 1 aromatic heterocycles. The van der Waals surface area contributed by atoms with E-state index in [-0.39, 0.29) is 29.7 Å². The SMILES string of the molecule is O=C(Cn1cnn(CC2CC2)c1=O)NCc1ccc(Cl)c(F)c1. The first-order chi connectivity index (χ1) is 11.0. The standard InChI is InChI=1S/C15H16ClFN4O2/c16-12-4-3-11(5-13(12)17)6-18-14(22)8-20-9-19-21(15(20)23)7-10-1-2-10/h3-5,9-10H,1-2,6-8H2,(H,18,22). The molecule has 0 unspecified atom stereocenters. The van der Waals surface area contributed by atoms with Crippen LogP contribution in [0.15, 0.2) is 29.3 Å². The lowest BCUT2D eigenvalue weighted by atomic mass is 10.2. The summed E-state index contributed by atoms with van der Waals surface area (Å²) in [7, 11) is 0. The molecule has 1 N–H and O–H groups in total. The van der Waals surface area contributed by atoms with Crippen molar-refractivity contribution in [3.05, 3.63) is 51.4 Å². The molecule has 1 heterocycles. The predicted molar refractivity (Wildman–Crippen MR) is 82.5 cm³/mol. The van der Waals surface area contributed by atoms with Crippen molar-refractivity contribution in [1.29, 1.82) is 0 Å². The van der Waals surface area contributed by atoms with E-state index in [0.29, 0.717) is 18.0 Å². The number of rotatable bonds is 6. The largest absolute Gasteiger partial charge is 0.350 e. The second-order valence-electron chi connectivity index (χ2n) is 5.69. The van der Waals surface area contributed by atoms with Crippen LogP contribution in [-0.4, -0.2) is 20.3 Å². The molecular weight excluding hydrogens is 323 g/mol. The molecule has 1 aliphatic rings. The highest BCUT2D eigenvalue weighted by atomic mass is 35.5. The van der Waals surface area contributed by atoms with Crippen LogP contribution in [0.4, 0.5) is 4.39 Å². The fraction of sp³-hybridized carbons (Fsp3) is 0.400. The Bertz CT molecular complexity index is 782. The summed E-state index contributed by atoms with van der Waals surface area (Å²) in [5.41, 5.74) is 0.307. The van der Waals surface area contributed by atoms with E-state index in [4.69, 9.17) is 11.6 Å². The number of nitrogens with zero attached hydrogens (tertiary/aromatic N) is 3. The van der Waals surface area contributed by atoms with Crippen molar-refractivity contribution in [3.63, 3.8) is 0 Å². The van der Waals surface area contributed by atoms with E-state index >= 15 is 0 Å². The second-order valence-corrected chi connectivity index (χ2v) is 6.10. The minimum Gasteiger partial charge on any atom is -0.350 e. The van der Waals surface area contributed by atoms with Gasteiger partial charge in [-0.15, -0.1) is 0 Å². The van der Waals surface area contributed by atoms with Crippen LogP contribution in [0.3, 0.4) is 0 Å². The molecule has 1 saturated carbocycles. The van der Waals surface area contributed by atoms with Crippen molar-refractivity contribution in [2.24, 2.45) is 5.92 Å². The molecule has 122 valence electrons. The average molecular weight is 339 g/mol. The number of aromatic nitrogens is 3. The van der Waals surface area contributed by atoms with Gasteiger partial charge in [0.05, 0.1) is 5.02 Å². The molecule has 1 aromatic carbocycles. The number of nitrogens with one attached hydrogen (secondary N) is 1. The van der Waals surface area contributed by atoms with Gasteiger partial charge in [-0.25, -0.2) is 13.9 Å². The zero-order valence-corrected chi connectivity index (χ0v) is 13.1. The molecule has 0 atom stereocenters. The van der Waals surface area contributed by atoms with Gasteiger partial charge in [-0.1, -0.05) is 17.7 Å². The summed E-state index contributed by atoms with van der Waals surface area (Å²) < 4.78 is 16.0. The zero-order chi connectivity index (χ0) is 16.4. The summed E-state index contributed by atoms with van der Waals surface area (Å²) in [6.07, 6.45) is 3.61. The summed E-state index contributed by atoms with van der Waals surface area (Å²) in [5.74, 6) is -0.339. The fourth-order valence-electron chi connectivity index (χ4n) is 2.21. The molecule has 1 aliphatic carbocycles. The Labute approximate surface area is 136 Å². The Hall–Kier alpha value is -2.15. The van der Waals surface area contributed by atoms with Crippen LogP contribution in [-0.2, 0) is 24.4 Å². The fourth-order valence-corrected chi connectivity index (χ4v) is 2.33. The van der Waals surface area contributed by atoms with E-state index in [9.17, 15) is 14.0 Å². The maximum Gasteiger partial charge on any atom is 0.346 e. The van der Waals surface area contributed by atoms with Gasteiger partial charge in [-0.2, -0.15) is 5.10 Å². The van der Waals surface area contributed by atoms with Gasteiger partial charge in [-0.3, -0.25) is 9.36 Å². The van der Waals surface area contributed by atoms with Gasteiger partial charge in [0.25, 0.3) is 0 Å². The molecule has 3 rings (SSSR count). The number of benzene rings is 1. The Morgan fingerprint density at radius 1 is 1.43 bits per heavy atom. The van der Waals surface area contributed by atoms with Crippen molar-refractivity contribution in [3.8, 4) is 0 Å². The van der Waals surface area contributed by atoms with Crippen molar-refractivity contribution in [1.82, 2.24) is 19.7 Å². The van der Waals surface area contributed by atoms with Crippen LogP contribution in [0.25, 0.3) is 0 Å². The Kier molecular flexibility index (Phi) is 4.47. The highest BCUT2D eigenvalue weighted by molar-refractivity contribution is 6.30. The van der Waals surface area contributed by atoms with Gasteiger partial charge < -0.3 is 5.32 Å². The van der Waals surface area contributed by atoms with Crippen LogP contribution in [0.2, 0.25) is 5.02 Å². The molecule has 0 bridgehead atoms.